The Kier molecular flexibility index (Phi) is 19.8. The summed E-state index contributed by atoms with van der Waals surface area (Å²) in [7, 11) is -3.00. The second kappa shape index (κ2) is 29.5. The summed E-state index contributed by atoms with van der Waals surface area (Å²) < 4.78 is 2.85. The molecule has 10 heteroatoms. The van der Waals surface area contributed by atoms with Crippen molar-refractivity contribution in [3.63, 3.8) is 0 Å². The minimum Gasteiger partial charge on any atom is -0.423 e. The second-order valence-electron chi connectivity index (χ2n) is 26.0. The molecule has 101 heavy (non-hydrogen) atoms. The Morgan fingerprint density at radius 1 is 0.277 bits per heavy atom. The standard InChI is InChI=1S/C32H27NSi.C29H18BrN.C18H13BO2.C11H7Br2N.CH4.H2/c1-34(2,3)32-21-33-31(20-29(32)22-11-5-4-6-12-22)23-17-18-28-26-15-8-7-13-24(26)25-14-9-10-16-27(25)30(28)19-23;30-28-18-31-29(17-26(28)19-8-2-1-3-9-19)20-14-15-25-23-12-5-4-10-21(23)22-11-6-7-13-24(22)27(25)16-20;20-19(21)12-9-10-17-15-7-2-1-5-13(15)14-6-3-4-8-16(14)18(17)11-12;12-10-7-14-11(13)6-9(10)8-4-2-1-3-5-8;;/h4-21H,1-3H3;1-18H;1-11,20-21H;1-7H;1H4;1H/i;;;;;1+1. The Balaban J connectivity index is 0.000000126. The lowest BCUT2D eigenvalue weighted by molar-refractivity contribution is 0.426. The molecular weight excluding hydrogens is 1450 g/mol. The molecule has 15 aromatic carbocycles. The van der Waals surface area contributed by atoms with Gasteiger partial charge in [-0.1, -0.05) is 306 Å². The fraction of sp³-hybridized carbons (Fsp3) is 0.0440. The first-order chi connectivity index (χ1) is 48.8. The highest BCUT2D eigenvalue weighted by Gasteiger charge is 2.23. The minimum absolute atomic E-state index is 0. The summed E-state index contributed by atoms with van der Waals surface area (Å²) in [6.07, 6.45) is 5.83. The molecule has 3 heterocycles. The van der Waals surface area contributed by atoms with Crippen LogP contribution in [0.4, 0.5) is 0 Å². The van der Waals surface area contributed by atoms with E-state index in [0.29, 0.717) is 5.46 Å². The van der Waals surface area contributed by atoms with Crippen LogP contribution in [-0.4, -0.2) is 40.2 Å². The van der Waals surface area contributed by atoms with Gasteiger partial charge in [-0.2, -0.15) is 0 Å². The van der Waals surface area contributed by atoms with E-state index in [1.54, 1.807) is 12.3 Å². The number of hydrogen-bond acceptors (Lipinski definition) is 5. The molecule has 0 atom stereocenters. The fourth-order valence-corrected chi connectivity index (χ4v) is 16.7. The quantitative estimate of drug-likeness (QED) is 0.0944. The topological polar surface area (TPSA) is 79.1 Å². The van der Waals surface area contributed by atoms with Crippen LogP contribution in [0.25, 0.3) is 153 Å². The number of hydrogen-bond donors (Lipinski definition) is 2. The van der Waals surface area contributed by atoms with Crippen LogP contribution in [0.3, 0.4) is 0 Å². The number of benzene rings is 15. The molecule has 0 unspecified atom stereocenters. The van der Waals surface area contributed by atoms with Crippen molar-refractivity contribution in [2.75, 3.05) is 0 Å². The number of fused-ring (bicyclic) bond motifs is 18. The molecule has 2 N–H and O–H groups in total. The lowest BCUT2D eigenvalue weighted by Gasteiger charge is -2.21. The summed E-state index contributed by atoms with van der Waals surface area (Å²) in [6.45, 7) is 7.18. The SMILES string of the molecule is Brc1cc(-c2ccccc2)c(Br)cn1.Brc1cnc(-c2ccc3c4ccccc4c4ccccc4c3c2)cc1-c1ccccc1.C.C[Si](C)(C)c1cnc(-c2ccc3c4ccccc4c4ccccc4c3c2)cc1-c1ccccc1.OB(O)c1ccc2c3ccccc3c3ccccc3c2c1.[2HH]. The van der Waals surface area contributed by atoms with Gasteiger partial charge in [0.2, 0.25) is 0 Å². The van der Waals surface area contributed by atoms with Gasteiger partial charge in [0.15, 0.2) is 0 Å². The van der Waals surface area contributed by atoms with E-state index in [4.69, 9.17) is 9.97 Å². The molecule has 0 bridgehead atoms. The van der Waals surface area contributed by atoms with Crippen molar-refractivity contribution in [2.45, 2.75) is 27.1 Å². The maximum Gasteiger partial charge on any atom is 0.488 e. The Bertz CT molecular complexity index is 6020. The second-order valence-corrected chi connectivity index (χ2v) is 33.5. The predicted octanol–water partition coefficient (Wildman–Crippen LogP) is 25.0. The lowest BCUT2D eigenvalue weighted by atomic mass is 9.78. The van der Waals surface area contributed by atoms with Crippen molar-refractivity contribution in [1.82, 2.24) is 15.0 Å². The van der Waals surface area contributed by atoms with E-state index in [1.807, 2.05) is 72.9 Å². The van der Waals surface area contributed by atoms with Crippen molar-refractivity contribution in [3.05, 3.63) is 342 Å². The van der Waals surface area contributed by atoms with Crippen LogP contribution >= 0.6 is 47.8 Å². The van der Waals surface area contributed by atoms with Crippen molar-refractivity contribution in [1.29, 1.82) is 0 Å². The zero-order valence-corrected chi connectivity index (χ0v) is 60.9. The number of halogens is 3. The molecule has 5 nitrogen and oxygen atoms in total. The van der Waals surface area contributed by atoms with E-state index in [1.165, 1.54) is 108 Å². The van der Waals surface area contributed by atoms with Gasteiger partial charge in [-0.15, -0.1) is 0 Å². The summed E-state index contributed by atoms with van der Waals surface area (Å²) in [5.74, 6) is 0. The smallest absolute Gasteiger partial charge is 0.423 e. The molecule has 0 saturated heterocycles. The van der Waals surface area contributed by atoms with Gasteiger partial charge >= 0.3 is 7.12 Å². The molecule has 0 aliphatic rings. The Labute approximate surface area is 616 Å². The van der Waals surface area contributed by atoms with Crippen molar-refractivity contribution >= 4 is 171 Å². The molecule has 0 aliphatic heterocycles. The maximum atomic E-state index is 9.42. The van der Waals surface area contributed by atoms with Crippen molar-refractivity contribution in [3.8, 4) is 55.9 Å². The minimum atomic E-state index is -1.56. The fourth-order valence-electron chi connectivity index (χ4n) is 14.0. The van der Waals surface area contributed by atoms with E-state index in [2.05, 4.69) is 315 Å². The number of nitrogens with zero attached hydrogens (tertiary/aromatic N) is 3. The summed E-state index contributed by atoms with van der Waals surface area (Å²) in [6, 6.07) is 108. The van der Waals surface area contributed by atoms with Gasteiger partial charge in [0.05, 0.1) is 19.5 Å². The van der Waals surface area contributed by atoms with Crippen LogP contribution in [0.5, 0.6) is 0 Å². The van der Waals surface area contributed by atoms with Crippen LogP contribution in [-0.2, 0) is 0 Å². The van der Waals surface area contributed by atoms with Crippen LogP contribution in [0, 0.1) is 0 Å². The molecule has 0 saturated carbocycles. The molecule has 0 radical (unpaired) electrons. The third-order valence-electron chi connectivity index (χ3n) is 18.8. The molecular formula is C91H71BBr3N3O2Si. The van der Waals surface area contributed by atoms with Crippen LogP contribution in [0.15, 0.2) is 342 Å². The molecule has 3 aromatic heterocycles. The molecule has 0 amide bonds. The van der Waals surface area contributed by atoms with Crippen LogP contribution in [0.2, 0.25) is 19.6 Å². The first-order valence-corrected chi connectivity index (χ1v) is 39.2. The first kappa shape index (κ1) is 67.9. The molecule has 18 aromatic rings. The number of rotatable bonds is 7. The van der Waals surface area contributed by atoms with E-state index >= 15 is 0 Å². The molecule has 0 aliphatic carbocycles. The van der Waals surface area contributed by atoms with Gasteiger partial charge < -0.3 is 10.0 Å². The van der Waals surface area contributed by atoms with Gasteiger partial charge in [0.1, 0.15) is 4.60 Å². The molecule has 18 rings (SSSR count). The van der Waals surface area contributed by atoms with Crippen molar-refractivity contribution in [2.24, 2.45) is 0 Å². The van der Waals surface area contributed by atoms with Crippen molar-refractivity contribution < 1.29 is 11.5 Å². The van der Waals surface area contributed by atoms with Crippen LogP contribution in [0.1, 0.15) is 8.85 Å². The van der Waals surface area contributed by atoms with E-state index in [9.17, 15) is 10.0 Å². The molecule has 490 valence electrons. The number of aromatic nitrogens is 3. The highest BCUT2D eigenvalue weighted by Crippen LogP contribution is 2.41. The highest BCUT2D eigenvalue weighted by molar-refractivity contribution is 9.11. The lowest BCUT2D eigenvalue weighted by Crippen LogP contribution is -2.39. The summed E-state index contributed by atoms with van der Waals surface area (Å²) in [4.78, 5) is 13.9. The average Bonchev–Trinajstić information content (AvgIpc) is 0.754. The Morgan fingerprint density at radius 2 is 0.554 bits per heavy atom. The summed E-state index contributed by atoms with van der Waals surface area (Å²) >= 11 is 10.5. The predicted molar refractivity (Wildman–Crippen MR) is 449 cm³/mol. The number of pyridine rings is 3. The van der Waals surface area contributed by atoms with E-state index in [-0.39, 0.29) is 8.85 Å². The zero-order valence-electron chi connectivity index (χ0n) is 55.1. The van der Waals surface area contributed by atoms with Gasteiger partial charge in [0, 0.05) is 45.7 Å². The Morgan fingerprint density at radius 3 is 0.911 bits per heavy atom. The average molecular weight is 1520 g/mol. The normalized spacial score (nSPS) is 11.3. The zero-order chi connectivity index (χ0) is 68.4. The maximum absolute atomic E-state index is 9.42. The van der Waals surface area contributed by atoms with Gasteiger partial charge in [0.25, 0.3) is 0 Å². The van der Waals surface area contributed by atoms with Gasteiger partial charge in [-0.05, 0) is 214 Å². The first-order valence-electron chi connectivity index (χ1n) is 33.3. The monoisotopic (exact) mass is 1510 g/mol. The third-order valence-corrected chi connectivity index (χ3v) is 22.5. The third kappa shape index (κ3) is 13.8. The molecule has 0 spiro atoms. The van der Waals surface area contributed by atoms with E-state index in [0.717, 1.165) is 63.3 Å². The largest absolute Gasteiger partial charge is 0.488 e. The molecule has 0 fully saturated rings. The summed E-state index contributed by atoms with van der Waals surface area (Å²) in [5, 5.41) is 42.6. The van der Waals surface area contributed by atoms with Gasteiger partial charge in [-0.3, -0.25) is 9.97 Å². The van der Waals surface area contributed by atoms with Gasteiger partial charge in [-0.25, -0.2) is 4.98 Å². The summed E-state index contributed by atoms with van der Waals surface area (Å²) in [5.41, 5.74) is 12.0. The highest BCUT2D eigenvalue weighted by atomic mass is 79.9. The Hall–Kier alpha value is -10.3. The van der Waals surface area contributed by atoms with E-state index < -0.39 is 15.2 Å². The van der Waals surface area contributed by atoms with Crippen LogP contribution < -0.4 is 10.6 Å².